The minimum Gasteiger partial charge on any atom is -0.380 e. The first-order valence-electron chi connectivity index (χ1n) is 6.83. The Kier molecular flexibility index (Phi) is 5.66. The lowest BCUT2D eigenvalue weighted by atomic mass is 9.88. The van der Waals surface area contributed by atoms with Crippen LogP contribution in [0.3, 0.4) is 0 Å². The Morgan fingerprint density at radius 3 is 2.35 bits per heavy atom. The molecule has 1 aromatic carbocycles. The summed E-state index contributed by atoms with van der Waals surface area (Å²) in [6.07, 6.45) is 3.70. The first kappa shape index (κ1) is 16.6. The maximum Gasteiger partial charge on any atom is 0.196 e. The number of hydrogen-bond acceptors (Lipinski definition) is 3. The second kappa shape index (κ2) is 6.82. The molecule has 0 heterocycles. The zero-order valence-electron chi connectivity index (χ0n) is 13.0. The Balaban J connectivity index is 2.93. The third kappa shape index (κ3) is 4.02. The summed E-state index contributed by atoms with van der Waals surface area (Å²) >= 11 is 0. The zero-order valence-corrected chi connectivity index (χ0v) is 13.0. The van der Waals surface area contributed by atoms with Crippen LogP contribution < -0.4 is 0 Å². The van der Waals surface area contributed by atoms with E-state index in [1.165, 1.54) is 6.92 Å². The van der Waals surface area contributed by atoms with Gasteiger partial charge in [-0.25, -0.2) is 0 Å². The number of ketones is 1. The third-order valence-electron chi connectivity index (χ3n) is 3.23. The lowest BCUT2D eigenvalue weighted by Gasteiger charge is -2.23. The fraction of sp³-hybridized carbons (Fsp3) is 0.471. The van der Waals surface area contributed by atoms with Crippen molar-refractivity contribution < 1.29 is 14.6 Å². The van der Waals surface area contributed by atoms with Gasteiger partial charge in [-0.3, -0.25) is 4.79 Å². The van der Waals surface area contributed by atoms with Crippen molar-refractivity contribution in [3.05, 3.63) is 46.5 Å². The highest BCUT2D eigenvalue weighted by atomic mass is 16.5. The quantitative estimate of drug-likeness (QED) is 0.493. The number of aryl methyl sites for hydroxylation is 3. The van der Waals surface area contributed by atoms with E-state index < -0.39 is 5.60 Å². The molecule has 0 fully saturated rings. The monoisotopic (exact) mass is 276 g/mol. The number of carbonyl (C=O) groups excluding carboxylic acids is 1. The molecule has 0 radical (unpaired) electrons. The van der Waals surface area contributed by atoms with Gasteiger partial charge in [-0.15, -0.1) is 0 Å². The fourth-order valence-electron chi connectivity index (χ4n) is 2.29. The molecule has 3 nitrogen and oxygen atoms in total. The number of carbonyl (C=O) groups is 1. The van der Waals surface area contributed by atoms with Crippen molar-refractivity contribution in [2.45, 2.75) is 40.2 Å². The molecule has 1 N–H and O–H groups in total. The van der Waals surface area contributed by atoms with Crippen molar-refractivity contribution in [3.8, 4) is 0 Å². The van der Waals surface area contributed by atoms with Crippen LogP contribution in [0.2, 0.25) is 0 Å². The summed E-state index contributed by atoms with van der Waals surface area (Å²) in [5.74, 6) is -0.284. The van der Waals surface area contributed by atoms with Crippen LogP contribution in [0.5, 0.6) is 0 Å². The van der Waals surface area contributed by atoms with Crippen molar-refractivity contribution >= 4 is 5.78 Å². The lowest BCUT2D eigenvalue weighted by Crippen LogP contribution is -2.41. The molecule has 1 atom stereocenters. The van der Waals surface area contributed by atoms with Gasteiger partial charge in [0.1, 0.15) is 5.60 Å². The van der Waals surface area contributed by atoms with Crippen LogP contribution in [0.15, 0.2) is 24.3 Å². The maximum atomic E-state index is 12.5. The molecule has 1 rings (SSSR count). The molecule has 0 aliphatic heterocycles. The Labute approximate surface area is 121 Å². The number of aliphatic hydroxyl groups is 1. The summed E-state index contributed by atoms with van der Waals surface area (Å²) in [5, 5.41) is 10.4. The molecule has 110 valence electrons. The predicted molar refractivity (Wildman–Crippen MR) is 81.2 cm³/mol. The first-order chi connectivity index (χ1) is 9.29. The largest absolute Gasteiger partial charge is 0.380 e. The van der Waals surface area contributed by atoms with Crippen LogP contribution in [-0.4, -0.2) is 29.7 Å². The van der Waals surface area contributed by atoms with E-state index in [0.29, 0.717) is 12.2 Å². The summed E-state index contributed by atoms with van der Waals surface area (Å²) in [5.41, 5.74) is 1.98. The van der Waals surface area contributed by atoms with Crippen LogP contribution in [0.25, 0.3) is 0 Å². The van der Waals surface area contributed by atoms with Gasteiger partial charge >= 0.3 is 0 Å². The van der Waals surface area contributed by atoms with Crippen LogP contribution in [0, 0.1) is 20.8 Å². The molecular weight excluding hydrogens is 252 g/mol. The van der Waals surface area contributed by atoms with Crippen LogP contribution >= 0.6 is 0 Å². The molecule has 0 aliphatic rings. The Morgan fingerprint density at radius 1 is 1.30 bits per heavy atom. The van der Waals surface area contributed by atoms with Gasteiger partial charge < -0.3 is 9.84 Å². The number of hydrogen-bond donors (Lipinski definition) is 1. The van der Waals surface area contributed by atoms with E-state index in [0.717, 1.165) is 16.7 Å². The summed E-state index contributed by atoms with van der Waals surface area (Å²) in [7, 11) is 0. The number of Topliss-reactive ketones (excluding diaryl/α,β-unsaturated/α-hetero) is 1. The third-order valence-corrected chi connectivity index (χ3v) is 3.23. The standard InChI is InChI=1S/C17H24O3/c1-6-7-8-20-11-17(5,19)16(18)15-13(3)9-12(2)10-14(15)4/h6-7,9-10,19H,8,11H2,1-5H3. The number of rotatable bonds is 6. The van der Waals surface area contributed by atoms with Crippen molar-refractivity contribution in [1.82, 2.24) is 0 Å². The smallest absolute Gasteiger partial charge is 0.196 e. The minimum absolute atomic E-state index is 0.0110. The average Bonchev–Trinajstić information content (AvgIpc) is 2.33. The minimum atomic E-state index is -1.51. The van der Waals surface area contributed by atoms with E-state index in [-0.39, 0.29) is 12.4 Å². The second-order valence-electron chi connectivity index (χ2n) is 5.46. The van der Waals surface area contributed by atoms with Gasteiger partial charge in [-0.05, 0) is 45.7 Å². The summed E-state index contributed by atoms with van der Waals surface area (Å²) in [6.45, 7) is 9.56. The molecule has 0 spiro atoms. The summed E-state index contributed by atoms with van der Waals surface area (Å²) in [4.78, 5) is 12.5. The van der Waals surface area contributed by atoms with Gasteiger partial charge in [-0.2, -0.15) is 0 Å². The molecule has 0 saturated heterocycles. The maximum absolute atomic E-state index is 12.5. The van der Waals surface area contributed by atoms with Crippen molar-refractivity contribution in [3.63, 3.8) is 0 Å². The Morgan fingerprint density at radius 2 is 1.85 bits per heavy atom. The number of allylic oxidation sites excluding steroid dienone is 1. The SMILES string of the molecule is CC=CCOCC(C)(O)C(=O)c1c(C)cc(C)cc1C. The van der Waals surface area contributed by atoms with Crippen LogP contribution in [0.4, 0.5) is 0 Å². The van der Waals surface area contributed by atoms with E-state index in [9.17, 15) is 9.90 Å². The molecular formula is C17H24O3. The van der Waals surface area contributed by atoms with E-state index in [4.69, 9.17) is 4.74 Å². The lowest BCUT2D eigenvalue weighted by molar-refractivity contribution is -0.0116. The van der Waals surface area contributed by atoms with Gasteiger partial charge in [0.15, 0.2) is 5.78 Å². The highest BCUT2D eigenvalue weighted by Crippen LogP contribution is 2.22. The second-order valence-corrected chi connectivity index (χ2v) is 5.46. The molecule has 0 aliphatic carbocycles. The molecule has 1 unspecified atom stereocenters. The average molecular weight is 276 g/mol. The molecule has 0 bridgehead atoms. The van der Waals surface area contributed by atoms with E-state index in [2.05, 4.69) is 0 Å². The topological polar surface area (TPSA) is 46.5 Å². The van der Waals surface area contributed by atoms with Crippen LogP contribution in [0.1, 0.15) is 40.9 Å². The van der Waals surface area contributed by atoms with E-state index >= 15 is 0 Å². The highest BCUT2D eigenvalue weighted by Gasteiger charge is 2.33. The Hall–Kier alpha value is -1.45. The van der Waals surface area contributed by atoms with E-state index in [1.807, 2.05) is 52.0 Å². The predicted octanol–water partition coefficient (Wildman–Crippen LogP) is 3.14. The molecule has 0 saturated carbocycles. The first-order valence-corrected chi connectivity index (χ1v) is 6.83. The number of ether oxygens (including phenoxy) is 1. The molecule has 0 amide bonds. The van der Waals surface area contributed by atoms with E-state index in [1.54, 1.807) is 0 Å². The highest BCUT2D eigenvalue weighted by molar-refractivity contribution is 6.04. The van der Waals surface area contributed by atoms with Gasteiger partial charge in [0, 0.05) is 5.56 Å². The molecule has 0 aromatic heterocycles. The van der Waals surface area contributed by atoms with Crippen LogP contribution in [-0.2, 0) is 4.74 Å². The summed E-state index contributed by atoms with van der Waals surface area (Å²) in [6, 6.07) is 3.91. The fourth-order valence-corrected chi connectivity index (χ4v) is 2.29. The number of benzene rings is 1. The molecule has 20 heavy (non-hydrogen) atoms. The normalized spacial score (nSPS) is 14.5. The van der Waals surface area contributed by atoms with Crippen molar-refractivity contribution in [2.24, 2.45) is 0 Å². The Bertz CT molecular complexity index is 490. The zero-order chi connectivity index (χ0) is 15.3. The van der Waals surface area contributed by atoms with Gasteiger partial charge in [-0.1, -0.05) is 29.8 Å². The van der Waals surface area contributed by atoms with Gasteiger partial charge in [0.2, 0.25) is 0 Å². The van der Waals surface area contributed by atoms with Gasteiger partial charge in [0.25, 0.3) is 0 Å². The summed E-state index contributed by atoms with van der Waals surface area (Å²) < 4.78 is 5.33. The van der Waals surface area contributed by atoms with Crippen molar-refractivity contribution in [1.29, 1.82) is 0 Å². The van der Waals surface area contributed by atoms with Crippen molar-refractivity contribution in [2.75, 3.05) is 13.2 Å². The van der Waals surface area contributed by atoms with Gasteiger partial charge in [0.05, 0.1) is 13.2 Å². The molecule has 3 heteroatoms. The molecule has 1 aromatic rings.